The molecule has 3 rings (SSSR count). The number of fused-ring (bicyclic) bond motifs is 1. The topological polar surface area (TPSA) is 86.3 Å². The second-order valence-corrected chi connectivity index (χ2v) is 5.29. The Labute approximate surface area is 110 Å². The quantitative estimate of drug-likeness (QED) is 0.814. The lowest BCUT2D eigenvalue weighted by Gasteiger charge is -2.20. The Morgan fingerprint density at radius 3 is 2.89 bits per heavy atom. The maximum atomic E-state index is 12.0. The highest BCUT2D eigenvalue weighted by Crippen LogP contribution is 2.23. The smallest absolute Gasteiger partial charge is 0.308 e. The maximum Gasteiger partial charge on any atom is 0.308 e. The summed E-state index contributed by atoms with van der Waals surface area (Å²) in [7, 11) is 0. The summed E-state index contributed by atoms with van der Waals surface area (Å²) >= 11 is 0. The van der Waals surface area contributed by atoms with E-state index in [1.54, 1.807) is 0 Å². The van der Waals surface area contributed by atoms with E-state index < -0.39 is 5.97 Å². The lowest BCUT2D eigenvalue weighted by atomic mass is 9.97. The van der Waals surface area contributed by atoms with Crippen LogP contribution in [0.5, 0.6) is 0 Å². The van der Waals surface area contributed by atoms with E-state index in [0.29, 0.717) is 25.5 Å². The number of carboxylic acids is 1. The van der Waals surface area contributed by atoms with Gasteiger partial charge in [-0.15, -0.1) is 0 Å². The van der Waals surface area contributed by atoms with Crippen molar-refractivity contribution >= 4 is 11.9 Å². The van der Waals surface area contributed by atoms with Gasteiger partial charge in [0.1, 0.15) is 0 Å². The average Bonchev–Trinajstić information content (AvgIpc) is 2.88. The van der Waals surface area contributed by atoms with E-state index in [9.17, 15) is 9.59 Å². The number of aromatic amines is 1. The molecule has 0 radical (unpaired) electrons. The van der Waals surface area contributed by atoms with Crippen LogP contribution in [0.4, 0.5) is 5.95 Å². The van der Waals surface area contributed by atoms with Gasteiger partial charge in [0.2, 0.25) is 5.95 Å². The van der Waals surface area contributed by atoms with Gasteiger partial charge in [0, 0.05) is 18.7 Å². The number of hydrogen-bond donors (Lipinski definition) is 2. The molecule has 0 unspecified atom stereocenters. The van der Waals surface area contributed by atoms with Crippen molar-refractivity contribution < 1.29 is 9.90 Å². The molecule has 1 aliphatic heterocycles. The van der Waals surface area contributed by atoms with Crippen LogP contribution in [0, 0.1) is 5.92 Å². The Bertz CT molecular complexity index is 567. The third kappa shape index (κ3) is 2.22. The van der Waals surface area contributed by atoms with Gasteiger partial charge in [-0.05, 0) is 32.1 Å². The number of carboxylic acid groups (broad SMARTS) is 1. The lowest BCUT2D eigenvalue weighted by molar-refractivity contribution is -0.140. The summed E-state index contributed by atoms with van der Waals surface area (Å²) in [6.07, 6.45) is 4.37. The number of H-pyrrole nitrogens is 1. The summed E-state index contributed by atoms with van der Waals surface area (Å²) in [6, 6.07) is 0. The largest absolute Gasteiger partial charge is 0.481 e. The molecule has 1 aromatic rings. The Morgan fingerprint density at radius 2 is 2.16 bits per heavy atom. The second kappa shape index (κ2) is 4.68. The normalized spacial score (nSPS) is 22.3. The number of hydrogen-bond acceptors (Lipinski definition) is 4. The summed E-state index contributed by atoms with van der Waals surface area (Å²) in [5.41, 5.74) is 1.64. The van der Waals surface area contributed by atoms with Crippen molar-refractivity contribution in [3.05, 3.63) is 21.6 Å². The highest BCUT2D eigenvalue weighted by atomic mass is 16.4. The van der Waals surface area contributed by atoms with Crippen molar-refractivity contribution in [2.24, 2.45) is 5.92 Å². The van der Waals surface area contributed by atoms with Crippen LogP contribution < -0.4 is 10.5 Å². The van der Waals surface area contributed by atoms with Crippen molar-refractivity contribution in [2.75, 3.05) is 18.0 Å². The van der Waals surface area contributed by atoms with E-state index in [4.69, 9.17) is 5.11 Å². The van der Waals surface area contributed by atoms with Crippen LogP contribution >= 0.6 is 0 Å². The number of aliphatic carboxylic acids is 1. The van der Waals surface area contributed by atoms with Crippen molar-refractivity contribution in [3.8, 4) is 0 Å². The van der Waals surface area contributed by atoms with Gasteiger partial charge < -0.3 is 10.0 Å². The molecule has 0 bridgehead atoms. The van der Waals surface area contributed by atoms with E-state index in [2.05, 4.69) is 9.97 Å². The van der Waals surface area contributed by atoms with Crippen LogP contribution in [0.3, 0.4) is 0 Å². The Kier molecular flexibility index (Phi) is 3.00. The van der Waals surface area contributed by atoms with Gasteiger partial charge in [0.05, 0.1) is 11.6 Å². The highest BCUT2D eigenvalue weighted by Gasteiger charge is 2.30. The minimum atomic E-state index is -0.775. The second-order valence-electron chi connectivity index (χ2n) is 5.29. The fraction of sp³-hybridized carbons (Fsp3) is 0.615. The summed E-state index contributed by atoms with van der Waals surface area (Å²) in [4.78, 5) is 32.2. The van der Waals surface area contributed by atoms with Crippen molar-refractivity contribution in [2.45, 2.75) is 32.1 Å². The molecular weight excluding hydrogens is 246 g/mol. The first-order valence-electron chi connectivity index (χ1n) is 6.75. The van der Waals surface area contributed by atoms with Crippen molar-refractivity contribution in [1.82, 2.24) is 9.97 Å². The molecule has 2 aliphatic rings. The number of rotatable bonds is 2. The molecule has 1 aliphatic carbocycles. The predicted octanol–water partition coefficient (Wildman–Crippen LogP) is 0.560. The molecule has 102 valence electrons. The zero-order chi connectivity index (χ0) is 13.4. The molecule has 6 heteroatoms. The molecule has 19 heavy (non-hydrogen) atoms. The zero-order valence-electron chi connectivity index (χ0n) is 10.7. The average molecular weight is 263 g/mol. The van der Waals surface area contributed by atoms with Gasteiger partial charge in [0.15, 0.2) is 0 Å². The third-order valence-corrected chi connectivity index (χ3v) is 4.02. The molecule has 6 nitrogen and oxygen atoms in total. The fourth-order valence-corrected chi connectivity index (χ4v) is 2.89. The van der Waals surface area contributed by atoms with Crippen LogP contribution in [0.2, 0.25) is 0 Å². The molecule has 1 aromatic heterocycles. The molecule has 1 atom stereocenters. The summed E-state index contributed by atoms with van der Waals surface area (Å²) in [6.45, 7) is 1.07. The predicted molar refractivity (Wildman–Crippen MR) is 69.5 cm³/mol. The molecule has 0 aromatic carbocycles. The van der Waals surface area contributed by atoms with Crippen molar-refractivity contribution in [1.29, 1.82) is 0 Å². The maximum absolute atomic E-state index is 12.0. The van der Waals surface area contributed by atoms with Gasteiger partial charge in [-0.2, -0.15) is 0 Å². The van der Waals surface area contributed by atoms with E-state index >= 15 is 0 Å². The standard InChI is InChI=1S/C13H17N3O3/c17-11-9-3-1-2-4-10(9)14-13(15-11)16-6-5-8(7-16)12(18)19/h8H,1-7H2,(H,18,19)(H,14,15,17)/t8-/m0/s1. The molecule has 1 fully saturated rings. The summed E-state index contributed by atoms with van der Waals surface area (Å²) in [5.74, 6) is -0.599. The van der Waals surface area contributed by atoms with Crippen molar-refractivity contribution in [3.63, 3.8) is 0 Å². The summed E-state index contributed by atoms with van der Waals surface area (Å²) < 4.78 is 0. The SMILES string of the molecule is O=C(O)[C@H]1CCN(c2nc3c(c(=O)[nH]2)CCCC3)C1. The van der Waals surface area contributed by atoms with Crippen LogP contribution in [0.25, 0.3) is 0 Å². The first kappa shape index (κ1) is 12.2. The molecule has 0 spiro atoms. The van der Waals surface area contributed by atoms with Gasteiger partial charge in [-0.1, -0.05) is 0 Å². The minimum Gasteiger partial charge on any atom is -0.481 e. The Balaban J connectivity index is 1.88. The molecule has 2 heterocycles. The number of aryl methyl sites for hydroxylation is 1. The highest BCUT2D eigenvalue weighted by molar-refractivity contribution is 5.71. The van der Waals surface area contributed by atoms with E-state index in [-0.39, 0.29) is 11.5 Å². The van der Waals surface area contributed by atoms with Crippen LogP contribution in [-0.4, -0.2) is 34.1 Å². The number of nitrogens with zero attached hydrogens (tertiary/aromatic N) is 2. The fourth-order valence-electron chi connectivity index (χ4n) is 2.89. The molecule has 1 saturated heterocycles. The molecule has 0 saturated carbocycles. The Morgan fingerprint density at radius 1 is 1.37 bits per heavy atom. The van der Waals surface area contributed by atoms with Gasteiger partial charge in [-0.3, -0.25) is 14.6 Å². The van der Waals surface area contributed by atoms with Gasteiger partial charge in [0.25, 0.3) is 5.56 Å². The third-order valence-electron chi connectivity index (χ3n) is 4.02. The minimum absolute atomic E-state index is 0.0570. The zero-order valence-corrected chi connectivity index (χ0v) is 10.7. The summed E-state index contributed by atoms with van der Waals surface area (Å²) in [5, 5.41) is 9.01. The molecule has 2 N–H and O–H groups in total. The van der Waals surface area contributed by atoms with E-state index in [0.717, 1.165) is 36.9 Å². The van der Waals surface area contributed by atoms with Crippen LogP contribution in [-0.2, 0) is 17.6 Å². The van der Waals surface area contributed by atoms with E-state index in [1.807, 2.05) is 4.90 Å². The van der Waals surface area contributed by atoms with E-state index in [1.165, 1.54) is 0 Å². The van der Waals surface area contributed by atoms with Crippen LogP contribution in [0.15, 0.2) is 4.79 Å². The number of carbonyl (C=O) groups is 1. The first-order chi connectivity index (χ1) is 9.15. The van der Waals surface area contributed by atoms with Gasteiger partial charge in [-0.25, -0.2) is 4.98 Å². The number of anilines is 1. The molecular formula is C13H17N3O3. The lowest BCUT2D eigenvalue weighted by Crippen LogP contribution is -2.29. The van der Waals surface area contributed by atoms with Gasteiger partial charge >= 0.3 is 5.97 Å². The first-order valence-corrected chi connectivity index (χ1v) is 6.75. The van der Waals surface area contributed by atoms with Crippen LogP contribution in [0.1, 0.15) is 30.5 Å². The number of aromatic nitrogens is 2. The monoisotopic (exact) mass is 263 g/mol. The Hall–Kier alpha value is -1.85. The number of nitrogens with one attached hydrogen (secondary N) is 1. The molecule has 0 amide bonds.